The molecular weight excluding hydrogens is 75.0 g/mol. The van der Waals surface area contributed by atoms with Crippen LogP contribution >= 0.6 is 13.5 Å². The van der Waals surface area contributed by atoms with Gasteiger partial charge in [-0.3, -0.25) is 0 Å². The number of hydrogen-bond donors (Lipinski definition) is 0. The normalized spacial score (nSPS) is 3.60. The van der Waals surface area contributed by atoms with E-state index in [2.05, 4.69) is 6.92 Å². The molecule has 0 aliphatic carbocycles. The molecule has 0 fully saturated rings. The third kappa shape index (κ3) is 47.9. The molecule has 2 heteroatoms. The van der Waals surface area contributed by atoms with Crippen LogP contribution in [0.3, 0.4) is 0 Å². The fourth-order valence-corrected chi connectivity index (χ4v) is 0. The summed E-state index contributed by atoms with van der Waals surface area (Å²) in [5.41, 5.74) is 0. The fourth-order valence-electron chi connectivity index (χ4n) is 0. The van der Waals surface area contributed by atoms with Gasteiger partial charge in [0.05, 0.1) is 0 Å². The minimum atomic E-state index is 0. The Morgan fingerprint density at radius 3 is 1.60 bits per heavy atom. The maximum Gasteiger partial charge on any atom is 1.00 e. The zero-order valence-electron chi connectivity index (χ0n) is 3.91. The van der Waals surface area contributed by atoms with Crippen molar-refractivity contribution in [2.75, 3.05) is 0 Å². The van der Waals surface area contributed by atoms with Crippen molar-refractivity contribution < 1.29 is 18.9 Å². The molecule has 0 aliphatic rings. The summed E-state index contributed by atoms with van der Waals surface area (Å²) in [6.07, 6.45) is 1.00. The molecule has 0 bridgehead atoms. The largest absolute Gasteiger partial charge is 1.00 e. The molecule has 0 N–H and O–H groups in total. The van der Waals surface area contributed by atoms with Gasteiger partial charge in [-0.25, -0.2) is 0 Å². The van der Waals surface area contributed by atoms with Crippen LogP contribution in [0.2, 0.25) is 0 Å². The first-order chi connectivity index (χ1) is 1.41. The molecule has 0 rings (SSSR count). The van der Waals surface area contributed by atoms with Gasteiger partial charge in [0.2, 0.25) is 0 Å². The molecule has 0 saturated carbocycles. The van der Waals surface area contributed by atoms with Gasteiger partial charge in [0.1, 0.15) is 0 Å². The second-order valence-corrected chi connectivity index (χ2v) is 0.500. The van der Waals surface area contributed by atoms with Crippen LogP contribution in [-0.4, -0.2) is 0 Å². The van der Waals surface area contributed by atoms with Gasteiger partial charge in [0.15, 0.2) is 0 Å². The van der Waals surface area contributed by atoms with E-state index in [1.807, 2.05) is 6.92 Å². The van der Waals surface area contributed by atoms with Crippen molar-refractivity contribution in [2.24, 2.45) is 0 Å². The van der Waals surface area contributed by atoms with E-state index < -0.39 is 0 Å². The van der Waals surface area contributed by atoms with Crippen LogP contribution in [0.4, 0.5) is 0 Å². The summed E-state index contributed by atoms with van der Waals surface area (Å²) in [6, 6.07) is 0. The molecular formula is C3H9LiS. The molecule has 28 valence electrons. The van der Waals surface area contributed by atoms with Gasteiger partial charge in [-0.2, -0.15) is 19.9 Å². The summed E-state index contributed by atoms with van der Waals surface area (Å²) in [4.78, 5) is 0. The maximum absolute atomic E-state index is 3.49. The minimum Gasteiger partial charge on any atom is -0.344 e. The van der Waals surface area contributed by atoms with E-state index in [1.165, 1.54) is 0 Å². The second kappa shape index (κ2) is 20.3. The first kappa shape index (κ1) is 16.8. The van der Waals surface area contributed by atoms with E-state index in [9.17, 15) is 0 Å². The average Bonchev–Trinajstić information content (AvgIpc) is 0.918. The van der Waals surface area contributed by atoms with Crippen molar-refractivity contribution in [1.82, 2.24) is 0 Å². The SMILES string of the molecule is S.[CH2-]CC.[Li+]. The number of hydrogen-bond acceptors (Lipinski definition) is 0. The van der Waals surface area contributed by atoms with Crippen molar-refractivity contribution in [3.05, 3.63) is 6.92 Å². The van der Waals surface area contributed by atoms with Gasteiger partial charge < -0.3 is 6.92 Å². The summed E-state index contributed by atoms with van der Waals surface area (Å²) in [5, 5.41) is 0. The van der Waals surface area contributed by atoms with E-state index in [0.29, 0.717) is 0 Å². The zero-order chi connectivity index (χ0) is 2.71. The molecule has 0 amide bonds. The quantitative estimate of drug-likeness (QED) is 0.243. The molecule has 0 spiro atoms. The Morgan fingerprint density at radius 1 is 1.60 bits per heavy atom. The van der Waals surface area contributed by atoms with Gasteiger partial charge in [-0.15, -0.1) is 0 Å². The van der Waals surface area contributed by atoms with Gasteiger partial charge in [-0.1, -0.05) is 6.92 Å². The first-order valence-corrected chi connectivity index (χ1v) is 1.21. The third-order valence-electron chi connectivity index (χ3n) is 0. The summed E-state index contributed by atoms with van der Waals surface area (Å²) in [5.74, 6) is 0. The monoisotopic (exact) mass is 84.1 g/mol. The second-order valence-electron chi connectivity index (χ2n) is 0.500. The molecule has 0 unspecified atom stereocenters. The molecule has 5 heavy (non-hydrogen) atoms. The molecule has 0 saturated heterocycles. The first-order valence-electron chi connectivity index (χ1n) is 1.21. The predicted molar refractivity (Wildman–Crippen MR) is 26.0 cm³/mol. The van der Waals surface area contributed by atoms with Crippen LogP contribution in [0.5, 0.6) is 0 Å². The van der Waals surface area contributed by atoms with E-state index in [1.54, 1.807) is 0 Å². The topological polar surface area (TPSA) is 0 Å². The van der Waals surface area contributed by atoms with E-state index in [-0.39, 0.29) is 32.4 Å². The predicted octanol–water partition coefficient (Wildman–Crippen LogP) is -1.65. The van der Waals surface area contributed by atoms with Gasteiger partial charge in [0, 0.05) is 0 Å². The van der Waals surface area contributed by atoms with Crippen LogP contribution < -0.4 is 18.9 Å². The van der Waals surface area contributed by atoms with Gasteiger partial charge >= 0.3 is 18.9 Å². The van der Waals surface area contributed by atoms with Gasteiger partial charge in [-0.05, 0) is 0 Å². The molecule has 0 aliphatic heterocycles. The van der Waals surface area contributed by atoms with Crippen LogP contribution in [0.1, 0.15) is 13.3 Å². The van der Waals surface area contributed by atoms with Gasteiger partial charge in [0.25, 0.3) is 0 Å². The summed E-state index contributed by atoms with van der Waals surface area (Å²) < 4.78 is 0. The molecule has 0 nitrogen and oxygen atoms in total. The third-order valence-corrected chi connectivity index (χ3v) is 0. The molecule has 0 heterocycles. The molecule has 0 aromatic carbocycles. The maximum atomic E-state index is 3.49. The van der Waals surface area contributed by atoms with Crippen LogP contribution in [0.15, 0.2) is 0 Å². The van der Waals surface area contributed by atoms with Crippen LogP contribution in [0, 0.1) is 6.92 Å². The molecule has 0 aromatic rings. The Kier molecular flexibility index (Phi) is 68.1. The Morgan fingerprint density at radius 2 is 1.60 bits per heavy atom. The van der Waals surface area contributed by atoms with E-state index in [0.717, 1.165) is 6.42 Å². The Hall–Kier alpha value is 0.947. The Balaban J connectivity index is -0.0000000200. The molecule has 0 atom stereocenters. The van der Waals surface area contributed by atoms with Crippen LogP contribution in [0.25, 0.3) is 0 Å². The Bertz CT molecular complexity index is 6.85. The molecule has 0 radical (unpaired) electrons. The van der Waals surface area contributed by atoms with E-state index in [4.69, 9.17) is 0 Å². The van der Waals surface area contributed by atoms with Crippen molar-refractivity contribution in [3.8, 4) is 0 Å². The fraction of sp³-hybridized carbons (Fsp3) is 0.667. The average molecular weight is 84.1 g/mol. The molecule has 0 aromatic heterocycles. The zero-order valence-corrected chi connectivity index (χ0v) is 4.91. The number of rotatable bonds is 0. The minimum absolute atomic E-state index is 0. The van der Waals surface area contributed by atoms with Crippen molar-refractivity contribution in [2.45, 2.75) is 13.3 Å². The van der Waals surface area contributed by atoms with Crippen molar-refractivity contribution >= 4 is 13.5 Å². The van der Waals surface area contributed by atoms with E-state index >= 15 is 0 Å². The summed E-state index contributed by atoms with van der Waals surface area (Å²) >= 11 is 0. The summed E-state index contributed by atoms with van der Waals surface area (Å²) in [6.45, 7) is 5.50. The van der Waals surface area contributed by atoms with Crippen LogP contribution in [-0.2, 0) is 0 Å². The Labute approximate surface area is 53.0 Å². The summed E-state index contributed by atoms with van der Waals surface area (Å²) in [7, 11) is 0. The smallest absolute Gasteiger partial charge is 0.344 e. The van der Waals surface area contributed by atoms with Crippen molar-refractivity contribution in [3.63, 3.8) is 0 Å². The standard InChI is InChI=1S/C3H7.Li.H2S/c1-3-2;;/h1,3H2,2H3;;1H2/q-1;+1;. The van der Waals surface area contributed by atoms with Crippen molar-refractivity contribution in [1.29, 1.82) is 0 Å².